The Labute approximate surface area is 834 Å². The first-order valence-electron chi connectivity index (χ1n) is 49.1. The minimum Gasteiger partial charge on any atom is -0.480 e. The maximum atomic E-state index is 15.5. The lowest BCUT2D eigenvalue weighted by Gasteiger charge is -2.36. The molecule has 4 aliphatic heterocycles. The molecule has 0 radical (unpaired) electrons. The maximum absolute atomic E-state index is 15.5. The molecule has 1 aliphatic carbocycles. The normalized spacial score (nSPS) is 18.9. The van der Waals surface area contributed by atoms with Gasteiger partial charge in [-0.3, -0.25) is 82.7 Å². The lowest BCUT2D eigenvalue weighted by Crippen LogP contribution is -2.63. The quantitative estimate of drug-likeness (QED) is 0.0112. The highest BCUT2D eigenvalue weighted by molar-refractivity contribution is 9.10. The van der Waals surface area contributed by atoms with Crippen molar-refractivity contribution in [1.29, 1.82) is 10.8 Å². The fraction of sp³-hybridized carbons (Fsp3) is 0.571. The average Bonchev–Trinajstić information content (AvgIpc) is 1.62. The fourth-order valence-electron chi connectivity index (χ4n) is 18.9. The van der Waals surface area contributed by atoms with E-state index in [9.17, 15) is 48.3 Å². The highest BCUT2D eigenvalue weighted by atomic mass is 79.9. The Balaban J connectivity index is 0.814. The lowest BCUT2D eigenvalue weighted by molar-refractivity contribution is -0.146. The first-order valence-corrected chi connectivity index (χ1v) is 49.9. The molecule has 14 atom stereocenters. The summed E-state index contributed by atoms with van der Waals surface area (Å²) in [7, 11) is 0. The van der Waals surface area contributed by atoms with E-state index < -0.39 is 190 Å². The highest BCUT2D eigenvalue weighted by Crippen LogP contribution is 2.41. The van der Waals surface area contributed by atoms with Crippen molar-refractivity contribution in [3.63, 3.8) is 0 Å². The number of amides is 15. The zero-order chi connectivity index (χ0) is 103. The number of piperidine rings is 1. The van der Waals surface area contributed by atoms with Crippen molar-refractivity contribution in [2.75, 3.05) is 45.8 Å². The van der Waals surface area contributed by atoms with Gasteiger partial charge in [-0.1, -0.05) is 109 Å². The monoisotopic (exact) mass is 2030 g/mol. The molecule has 0 spiro atoms. The number of primary amides is 1. The number of H-pyrrole nitrogens is 2. The number of benzene rings is 3. The molecule has 1 saturated carbocycles. The van der Waals surface area contributed by atoms with Crippen LogP contribution in [0.2, 0.25) is 0 Å². The zero-order valence-electron chi connectivity index (χ0n) is 81.8. The number of nitrogens with zero attached hydrogens (tertiary/aromatic N) is 5. The number of carbonyl (C=O) groups excluding carboxylic acids is 15. The Hall–Kier alpha value is -13.4. The molecule has 0 bridgehead atoms. The Bertz CT molecular complexity index is 5200. The molecule has 2 aromatic heterocycles. The topological polar surface area (TPSA) is 655 Å². The predicted octanol–water partition coefficient (Wildman–Crippen LogP) is 1.10. The number of halogens is 1. The summed E-state index contributed by atoms with van der Waals surface area (Å²) < 4.78 is 0.756. The average molecular weight is 2040 g/mol. The summed E-state index contributed by atoms with van der Waals surface area (Å²) >= 11 is 3.49. The molecule has 5 aromatic rings. The van der Waals surface area contributed by atoms with Crippen LogP contribution in [0.15, 0.2) is 108 Å². The molecule has 3 aromatic carbocycles. The summed E-state index contributed by atoms with van der Waals surface area (Å²) in [5, 5.41) is 65.2. The van der Waals surface area contributed by atoms with Gasteiger partial charge in [0, 0.05) is 93.4 Å². The van der Waals surface area contributed by atoms with Crippen molar-refractivity contribution < 1.29 is 81.8 Å². The van der Waals surface area contributed by atoms with Gasteiger partial charge < -0.3 is 121 Å². The third kappa shape index (κ3) is 32.3. The second-order valence-electron chi connectivity index (χ2n) is 39.0. The number of aliphatic carboxylic acids is 1. The van der Waals surface area contributed by atoms with Crippen molar-refractivity contribution in [3.8, 4) is 11.1 Å². The van der Waals surface area contributed by atoms with Crippen LogP contribution in [-0.4, -0.2) is 276 Å². The number of imidazole rings is 2. The van der Waals surface area contributed by atoms with Gasteiger partial charge in [0.1, 0.15) is 83.5 Å². The number of aromatic nitrogens is 4. The number of hydrogen-bond acceptors (Lipinski definition) is 21. The second kappa shape index (κ2) is 52.9. The molecular formula is C98H141BrN26O17. The Kier molecular flexibility index (Phi) is 41.2. The summed E-state index contributed by atoms with van der Waals surface area (Å²) in [6.07, 6.45) is 11.0. The number of guanidine groups is 2. The largest absolute Gasteiger partial charge is 0.480 e. The molecule has 43 nitrogen and oxygen atoms in total. The number of aromatic amines is 2. The molecule has 5 fully saturated rings. The standard InChI is InChI=1S/C98H141BrN26O17/c1-56(2)46-70(116-80(127)67(22-15-40-110-96(103)104)114-85(132)76-24-16-44-123(76)89(136)69(21-13-14-39-109-95(101)102)115-81(128)68(34-35-79(100)126)120-93(141)97(4,5)92(140)108-43-38-65-52-106-54-111-65)84(131)122-98(6,7)94(142)121-72(51-66-53-107-55-112-66)83(130)117-71(47-60-36-41-105-42-37-60)82(129)113-57(3)88(135)125-75-23-12-11-20-63(75)50-78(125)87(134)118-73(48-59-28-32-64(99)33-29-59)90(137)124-45-17-25-77(124)86(133)119-74(91(138)139)49-58-26-30-62(31-27-58)61-18-9-8-10-19-61/h8-10,18-19,26-33,52-57,60,63,67-78,105H,11-17,20-25,34-51H2,1-7H3,(H2,100,126)(H,106,111)(H,107,112)(H,108,140)(H,113,129)(H,114,132)(H,115,128)(H,116,127)(H,117,130)(H,118,134)(H,119,133)(H,120,141)(H,121,142)(H,122,131)(H,138,139)(H4,101,102,109)(H4,103,104,110)/t57-,63+,67-,68-,69+,70-,71+,72+,73+,74-,75+,76+,77+,78+/m1/s1. The van der Waals surface area contributed by atoms with Crippen LogP contribution in [0.1, 0.15) is 199 Å². The van der Waals surface area contributed by atoms with Gasteiger partial charge in [-0.15, -0.1) is 0 Å². The van der Waals surface area contributed by atoms with Crippen LogP contribution >= 0.6 is 15.9 Å². The summed E-state index contributed by atoms with van der Waals surface area (Å²) in [5.41, 5.74) is 17.3. The van der Waals surface area contributed by atoms with Crippen LogP contribution in [0.3, 0.4) is 0 Å². The van der Waals surface area contributed by atoms with E-state index in [2.05, 4.69) is 110 Å². The number of likely N-dealkylation sites (tertiary alicyclic amines) is 3. The Morgan fingerprint density at radius 2 is 1.07 bits per heavy atom. The maximum Gasteiger partial charge on any atom is 0.326 e. The van der Waals surface area contributed by atoms with Gasteiger partial charge in [-0.2, -0.15) is 0 Å². The predicted molar refractivity (Wildman–Crippen MR) is 529 cm³/mol. The Morgan fingerprint density at radius 1 is 0.521 bits per heavy atom. The number of rotatable bonds is 51. The van der Waals surface area contributed by atoms with E-state index in [1.165, 1.54) is 68.2 Å². The van der Waals surface area contributed by atoms with Gasteiger partial charge >= 0.3 is 5.97 Å². The van der Waals surface area contributed by atoms with E-state index in [1.54, 1.807) is 44.3 Å². The number of nitrogens with two attached hydrogens (primary N) is 3. The van der Waals surface area contributed by atoms with Gasteiger partial charge in [0.05, 0.1) is 18.3 Å². The number of fused-ring (bicyclic) bond motifs is 1. The number of nitrogens with one attached hydrogen (secondary N) is 18. The van der Waals surface area contributed by atoms with E-state index in [0.717, 1.165) is 34.1 Å². The first-order chi connectivity index (χ1) is 67.6. The summed E-state index contributed by atoms with van der Waals surface area (Å²) in [6.45, 7) is 12.2. The first kappa shape index (κ1) is 111. The number of carboxylic acid groups (broad SMARTS) is 1. The van der Waals surface area contributed by atoms with E-state index in [0.29, 0.717) is 74.9 Å². The summed E-state index contributed by atoms with van der Waals surface area (Å²) in [5.74, 6) is -14.1. The van der Waals surface area contributed by atoms with Gasteiger partial charge in [0.25, 0.3) is 0 Å². The number of carbonyl (C=O) groups is 16. The molecule has 142 heavy (non-hydrogen) atoms. The SMILES string of the molecule is CC(C)C[C@@H](NC(=O)[C@@H](CCCNC(=N)N)NC(=O)[C@@H]1CCCN1C(=O)[C@H](CCCCNC(=N)N)NC(=O)[C@@H](CCC(N)=O)NC(=O)C(C)(C)C(=O)NCCc1cnc[nH]1)C(=O)NC(C)(C)C(=O)N[C@@H](Cc1c[nH]cn1)C(=O)N[C@@H](CC1CCNCC1)C(=O)N[C@H](C)C(=O)N1[C@H](C(=O)N[C@@H](Cc2ccc(Br)cc2)C(=O)N2CCC[C@H]2C(=O)N[C@H](Cc2ccc(-c3ccccc3)cc2)C(=O)O)C[C@@H]2CCCC[C@@H]21. The molecule has 6 heterocycles. The van der Waals surface area contributed by atoms with E-state index in [4.69, 9.17) is 28.0 Å². The smallest absolute Gasteiger partial charge is 0.326 e. The van der Waals surface area contributed by atoms with Crippen LogP contribution in [0.25, 0.3) is 11.1 Å². The highest BCUT2D eigenvalue weighted by Gasteiger charge is 2.51. The van der Waals surface area contributed by atoms with Crippen molar-refractivity contribution >= 4 is 122 Å². The van der Waals surface area contributed by atoms with Crippen molar-refractivity contribution in [2.45, 2.75) is 287 Å². The fourth-order valence-corrected chi connectivity index (χ4v) is 19.2. The van der Waals surface area contributed by atoms with Crippen molar-refractivity contribution in [1.82, 2.24) is 109 Å². The lowest BCUT2D eigenvalue weighted by atomic mass is 9.84. The van der Waals surface area contributed by atoms with Crippen LogP contribution in [0.4, 0.5) is 0 Å². The number of carboxylic acids is 1. The zero-order valence-corrected chi connectivity index (χ0v) is 83.4. The molecule has 5 aliphatic rings. The molecule has 0 unspecified atom stereocenters. The van der Waals surface area contributed by atoms with Crippen LogP contribution < -0.4 is 91.6 Å². The van der Waals surface area contributed by atoms with Crippen LogP contribution in [0.5, 0.6) is 0 Å². The molecule has 4 saturated heterocycles. The van der Waals surface area contributed by atoms with Gasteiger partial charge in [0.15, 0.2) is 11.9 Å². The molecular weight excluding hydrogens is 1890 g/mol. The summed E-state index contributed by atoms with van der Waals surface area (Å²) in [6, 6.07) is 7.76. The molecule has 25 N–H and O–H groups in total. The Morgan fingerprint density at radius 3 is 1.68 bits per heavy atom. The van der Waals surface area contributed by atoms with E-state index >= 15 is 33.6 Å². The third-order valence-electron chi connectivity index (χ3n) is 26.9. The minimum absolute atomic E-state index is 0.00368. The molecule has 10 rings (SSSR count). The molecule has 44 heteroatoms. The second-order valence-corrected chi connectivity index (χ2v) is 40.0. The van der Waals surface area contributed by atoms with E-state index in [-0.39, 0.29) is 152 Å². The summed E-state index contributed by atoms with van der Waals surface area (Å²) in [4.78, 5) is 251. The number of hydrogen-bond donors (Lipinski definition) is 22. The van der Waals surface area contributed by atoms with Crippen molar-refractivity contribution in [2.24, 2.45) is 40.4 Å². The van der Waals surface area contributed by atoms with Gasteiger partial charge in [-0.25, -0.2) is 14.8 Å². The number of unbranched alkanes of at least 4 members (excludes halogenated alkanes) is 1. The van der Waals surface area contributed by atoms with Crippen molar-refractivity contribution in [3.05, 3.63) is 131 Å². The van der Waals surface area contributed by atoms with Crippen LogP contribution in [0, 0.1) is 34.0 Å². The molecule has 15 amide bonds. The molecule has 772 valence electrons. The van der Waals surface area contributed by atoms with E-state index in [1.807, 2.05) is 54.6 Å². The van der Waals surface area contributed by atoms with Crippen LogP contribution in [-0.2, 0) is 102 Å². The third-order valence-corrected chi connectivity index (χ3v) is 27.4. The minimum atomic E-state index is -1.90. The van der Waals surface area contributed by atoms with Gasteiger partial charge in [-0.05, 0) is 209 Å². The van der Waals surface area contributed by atoms with Gasteiger partial charge in [0.2, 0.25) is 88.6 Å².